The summed E-state index contributed by atoms with van der Waals surface area (Å²) in [6.45, 7) is 12.7. The SMILES string of the molecule is C=CC1(C)C(Cl)CC(C(=C)C)C(c2c[nH]c3ccccc23)C1[NH2+][CH2-]. The molecular weight excluding hydrogens is 316 g/mol. The molecular formula is C21H27ClN2. The zero-order chi connectivity index (χ0) is 17.5. The van der Waals surface area contributed by atoms with Crippen LogP contribution < -0.4 is 5.32 Å². The number of hydrogen-bond donors (Lipinski definition) is 2. The lowest BCUT2D eigenvalue weighted by Crippen LogP contribution is -2.90. The molecule has 3 rings (SSSR count). The lowest BCUT2D eigenvalue weighted by atomic mass is 9.59. The van der Waals surface area contributed by atoms with E-state index in [1.54, 1.807) is 0 Å². The van der Waals surface area contributed by atoms with Gasteiger partial charge in [-0.05, 0) is 37.8 Å². The number of para-hydroxylation sites is 1. The molecule has 0 aliphatic heterocycles. The summed E-state index contributed by atoms with van der Waals surface area (Å²) in [6.07, 6.45) is 5.08. The summed E-state index contributed by atoms with van der Waals surface area (Å²) in [5, 5.41) is 3.37. The summed E-state index contributed by atoms with van der Waals surface area (Å²) in [5.41, 5.74) is 3.51. The third-order valence-corrected chi connectivity index (χ3v) is 6.63. The van der Waals surface area contributed by atoms with E-state index < -0.39 is 0 Å². The number of nitrogens with two attached hydrogens (primary N) is 1. The van der Waals surface area contributed by atoms with Crippen LogP contribution in [0.1, 0.15) is 31.7 Å². The molecule has 1 heterocycles. The van der Waals surface area contributed by atoms with Crippen LogP contribution in [0.15, 0.2) is 55.3 Å². The Balaban J connectivity index is 2.19. The van der Waals surface area contributed by atoms with E-state index in [0.717, 1.165) is 6.42 Å². The number of alkyl halides is 1. The highest BCUT2D eigenvalue weighted by atomic mass is 35.5. The number of aromatic amines is 1. The zero-order valence-corrected chi connectivity index (χ0v) is 15.3. The summed E-state index contributed by atoms with van der Waals surface area (Å²) in [4.78, 5) is 3.42. The molecule has 2 aromatic rings. The van der Waals surface area contributed by atoms with Crippen LogP contribution >= 0.6 is 11.6 Å². The van der Waals surface area contributed by atoms with Gasteiger partial charge >= 0.3 is 0 Å². The van der Waals surface area contributed by atoms with Crippen molar-refractivity contribution in [3.63, 3.8) is 0 Å². The van der Waals surface area contributed by atoms with Crippen molar-refractivity contribution in [3.8, 4) is 0 Å². The maximum absolute atomic E-state index is 6.81. The van der Waals surface area contributed by atoms with Crippen molar-refractivity contribution in [3.05, 3.63) is 67.9 Å². The molecule has 1 aromatic heterocycles. The fourth-order valence-corrected chi connectivity index (χ4v) is 4.85. The van der Waals surface area contributed by atoms with E-state index in [2.05, 4.69) is 74.8 Å². The van der Waals surface area contributed by atoms with Crippen molar-refractivity contribution in [2.75, 3.05) is 0 Å². The third-order valence-electron chi connectivity index (χ3n) is 5.98. The number of benzene rings is 1. The molecule has 128 valence electrons. The van der Waals surface area contributed by atoms with Gasteiger partial charge in [0.2, 0.25) is 0 Å². The predicted molar refractivity (Wildman–Crippen MR) is 103 cm³/mol. The summed E-state index contributed by atoms with van der Waals surface area (Å²) < 4.78 is 0. The Hall–Kier alpha value is -1.51. The monoisotopic (exact) mass is 342 g/mol. The lowest BCUT2D eigenvalue weighted by Gasteiger charge is -2.50. The van der Waals surface area contributed by atoms with E-state index >= 15 is 0 Å². The smallest absolute Gasteiger partial charge is 0.0800 e. The van der Waals surface area contributed by atoms with Gasteiger partial charge in [0.15, 0.2) is 0 Å². The molecule has 1 saturated carbocycles. The van der Waals surface area contributed by atoms with Gasteiger partial charge in [-0.15, -0.1) is 18.2 Å². The number of nitrogens with one attached hydrogen (secondary N) is 1. The molecule has 3 heteroatoms. The number of aromatic nitrogens is 1. The first-order valence-corrected chi connectivity index (χ1v) is 8.99. The van der Waals surface area contributed by atoms with Crippen LogP contribution in [0.4, 0.5) is 0 Å². The third kappa shape index (κ3) is 2.53. The number of allylic oxidation sites excluding steroid dienone is 1. The van der Waals surface area contributed by atoms with Gasteiger partial charge < -0.3 is 10.3 Å². The van der Waals surface area contributed by atoms with Crippen LogP contribution in [0.2, 0.25) is 0 Å². The minimum Gasteiger partial charge on any atom is -0.475 e. The zero-order valence-electron chi connectivity index (χ0n) is 14.6. The van der Waals surface area contributed by atoms with Gasteiger partial charge in [-0.2, -0.15) is 7.05 Å². The number of quaternary nitrogens is 1. The van der Waals surface area contributed by atoms with Crippen LogP contribution in [0, 0.1) is 18.4 Å². The van der Waals surface area contributed by atoms with Gasteiger partial charge in [-0.3, -0.25) is 0 Å². The molecule has 0 saturated heterocycles. The topological polar surface area (TPSA) is 32.4 Å². The summed E-state index contributed by atoms with van der Waals surface area (Å²) in [7, 11) is 4.15. The highest BCUT2D eigenvalue weighted by Gasteiger charge is 2.52. The van der Waals surface area contributed by atoms with Crippen LogP contribution in [0.3, 0.4) is 0 Å². The normalized spacial score (nSPS) is 33.5. The number of H-pyrrole nitrogens is 1. The maximum Gasteiger partial charge on any atom is 0.0800 e. The molecule has 0 bridgehead atoms. The van der Waals surface area contributed by atoms with E-state index in [9.17, 15) is 0 Å². The van der Waals surface area contributed by atoms with Crippen molar-refractivity contribution in [2.24, 2.45) is 11.3 Å². The maximum atomic E-state index is 6.81. The van der Waals surface area contributed by atoms with Gasteiger partial charge in [-0.25, -0.2) is 0 Å². The van der Waals surface area contributed by atoms with Gasteiger partial charge in [-0.1, -0.05) is 36.4 Å². The van der Waals surface area contributed by atoms with Crippen LogP contribution in [0.5, 0.6) is 0 Å². The largest absolute Gasteiger partial charge is 0.475 e. The molecule has 0 spiro atoms. The van der Waals surface area contributed by atoms with Crippen LogP contribution in [-0.4, -0.2) is 16.4 Å². The van der Waals surface area contributed by atoms with E-state index in [-0.39, 0.29) is 16.8 Å². The van der Waals surface area contributed by atoms with E-state index in [1.165, 1.54) is 22.0 Å². The second-order valence-corrected chi connectivity index (χ2v) is 7.83. The van der Waals surface area contributed by atoms with Crippen molar-refractivity contribution < 1.29 is 5.32 Å². The first-order chi connectivity index (χ1) is 11.4. The Morgan fingerprint density at radius 2 is 2.17 bits per heavy atom. The highest BCUT2D eigenvalue weighted by Crippen LogP contribution is 2.51. The second kappa shape index (κ2) is 6.42. The van der Waals surface area contributed by atoms with Gasteiger partial charge in [0.1, 0.15) is 0 Å². The average molecular weight is 343 g/mol. The molecule has 0 amide bonds. The highest BCUT2D eigenvalue weighted by molar-refractivity contribution is 6.21. The van der Waals surface area contributed by atoms with Crippen molar-refractivity contribution in [1.29, 1.82) is 0 Å². The number of halogens is 1. The Morgan fingerprint density at radius 1 is 1.46 bits per heavy atom. The fourth-order valence-electron chi connectivity index (χ4n) is 4.42. The number of fused-ring (bicyclic) bond motifs is 1. The summed E-state index contributed by atoms with van der Waals surface area (Å²) in [5.74, 6) is 0.636. The first kappa shape index (κ1) is 17.3. The second-order valence-electron chi connectivity index (χ2n) is 7.30. The molecule has 2 nitrogen and oxygen atoms in total. The van der Waals surface area contributed by atoms with Crippen molar-refractivity contribution >= 4 is 22.5 Å². The summed E-state index contributed by atoms with van der Waals surface area (Å²) in [6, 6.07) is 8.69. The molecule has 5 atom stereocenters. The van der Waals surface area contributed by atoms with Gasteiger partial charge in [0.25, 0.3) is 0 Å². The van der Waals surface area contributed by atoms with Crippen molar-refractivity contribution in [2.45, 2.75) is 37.6 Å². The van der Waals surface area contributed by atoms with Crippen LogP contribution in [-0.2, 0) is 0 Å². The molecule has 5 unspecified atom stereocenters. The average Bonchev–Trinajstić information content (AvgIpc) is 3.00. The molecule has 1 aromatic carbocycles. The Kier molecular flexibility index (Phi) is 4.63. The minimum atomic E-state index is -0.182. The molecule has 1 fully saturated rings. The predicted octanol–water partition coefficient (Wildman–Crippen LogP) is 4.37. The van der Waals surface area contributed by atoms with E-state index in [1.807, 2.05) is 6.08 Å². The van der Waals surface area contributed by atoms with E-state index in [0.29, 0.717) is 11.8 Å². The van der Waals surface area contributed by atoms with Crippen molar-refractivity contribution in [1.82, 2.24) is 4.98 Å². The minimum absolute atomic E-state index is 0.0288. The molecule has 3 N–H and O–H groups in total. The molecule has 0 radical (unpaired) electrons. The Labute approximate surface area is 150 Å². The van der Waals surface area contributed by atoms with E-state index in [4.69, 9.17) is 11.6 Å². The molecule has 1 aliphatic carbocycles. The Bertz CT molecular complexity index is 762. The Morgan fingerprint density at radius 3 is 2.79 bits per heavy atom. The first-order valence-electron chi connectivity index (χ1n) is 8.55. The standard InChI is InChI=1S/C21H27ClN2/c1-6-21(4)18(22)11-15(13(2)3)19(20(21)23-5)16-12-24-17-10-8-7-9-14(16)17/h6-10,12,15,18-20,24H,1-2,5,11,23H2,3-4H3. The summed E-state index contributed by atoms with van der Waals surface area (Å²) >= 11 is 6.81. The number of rotatable bonds is 4. The number of hydrogen-bond acceptors (Lipinski definition) is 0. The fraction of sp³-hybridized carbons (Fsp3) is 0.381. The van der Waals surface area contributed by atoms with Crippen LogP contribution in [0.25, 0.3) is 10.9 Å². The molecule has 24 heavy (non-hydrogen) atoms. The molecule has 1 aliphatic rings. The quantitative estimate of drug-likeness (QED) is 0.470. The lowest BCUT2D eigenvalue weighted by molar-refractivity contribution is -0.653. The van der Waals surface area contributed by atoms with Gasteiger partial charge in [0, 0.05) is 28.4 Å². The van der Waals surface area contributed by atoms with Gasteiger partial charge in [0.05, 0.1) is 11.5 Å².